The fourth-order valence-electron chi connectivity index (χ4n) is 7.42. The second kappa shape index (κ2) is 9.82. The molecule has 0 N–H and O–H groups in total. The summed E-state index contributed by atoms with van der Waals surface area (Å²) >= 11 is 0. The second-order valence-electron chi connectivity index (χ2n) is 12.0. The Bertz CT molecular complexity index is 1120. The van der Waals surface area contributed by atoms with Crippen LogP contribution in [0.1, 0.15) is 59.4 Å². The number of nitrogens with zero attached hydrogens (tertiary/aromatic N) is 5. The molecule has 1 saturated carbocycles. The predicted molar refractivity (Wildman–Crippen MR) is 142 cm³/mol. The van der Waals surface area contributed by atoms with Crippen molar-refractivity contribution < 1.29 is 9.59 Å². The lowest BCUT2D eigenvalue weighted by molar-refractivity contribution is -0.143. The first-order valence-corrected chi connectivity index (χ1v) is 14.1. The van der Waals surface area contributed by atoms with E-state index >= 15 is 0 Å². The first kappa shape index (κ1) is 24.5. The van der Waals surface area contributed by atoms with Crippen LogP contribution in [0.2, 0.25) is 0 Å². The van der Waals surface area contributed by atoms with Crippen molar-refractivity contribution in [2.45, 2.75) is 51.4 Å². The average Bonchev–Trinajstić information content (AvgIpc) is 3.61. The maximum Gasteiger partial charge on any atom is 0.257 e. The summed E-state index contributed by atoms with van der Waals surface area (Å²) in [7, 11) is 0. The van der Waals surface area contributed by atoms with Crippen molar-refractivity contribution in [2.24, 2.45) is 17.8 Å². The van der Waals surface area contributed by atoms with E-state index in [1.807, 2.05) is 18.7 Å². The van der Waals surface area contributed by atoms with Gasteiger partial charge in [-0.05, 0) is 57.1 Å². The van der Waals surface area contributed by atoms with Gasteiger partial charge in [-0.15, -0.1) is 0 Å². The Labute approximate surface area is 220 Å². The minimum absolute atomic E-state index is 0.0671. The van der Waals surface area contributed by atoms with Gasteiger partial charge in [0.25, 0.3) is 5.91 Å². The molecule has 0 spiro atoms. The van der Waals surface area contributed by atoms with Crippen LogP contribution >= 0.6 is 0 Å². The van der Waals surface area contributed by atoms with E-state index in [0.29, 0.717) is 23.3 Å². The third kappa shape index (κ3) is 4.56. The van der Waals surface area contributed by atoms with E-state index in [1.54, 1.807) is 0 Å². The highest BCUT2D eigenvalue weighted by Gasteiger charge is 2.48. The molecule has 7 nitrogen and oxygen atoms in total. The van der Waals surface area contributed by atoms with Gasteiger partial charge in [-0.1, -0.05) is 43.2 Å². The van der Waals surface area contributed by atoms with E-state index in [2.05, 4.69) is 50.1 Å². The molecule has 37 heavy (non-hydrogen) atoms. The maximum absolute atomic E-state index is 13.2. The first-order valence-electron chi connectivity index (χ1n) is 14.1. The minimum Gasteiger partial charge on any atom is -0.341 e. The molecule has 196 valence electrons. The molecule has 2 aromatic rings. The predicted octanol–water partition coefficient (Wildman–Crippen LogP) is 3.46. The molecule has 2 amide bonds. The van der Waals surface area contributed by atoms with E-state index in [0.717, 1.165) is 76.5 Å². The third-order valence-corrected chi connectivity index (χ3v) is 9.59. The smallest absolute Gasteiger partial charge is 0.257 e. The summed E-state index contributed by atoms with van der Waals surface area (Å²) in [6.07, 6.45) is 7.15. The van der Waals surface area contributed by atoms with Crippen molar-refractivity contribution in [3.05, 3.63) is 59.2 Å². The van der Waals surface area contributed by atoms with Gasteiger partial charge >= 0.3 is 0 Å². The quantitative estimate of drug-likeness (QED) is 0.606. The van der Waals surface area contributed by atoms with Crippen molar-refractivity contribution in [1.29, 1.82) is 0 Å². The highest BCUT2D eigenvalue weighted by molar-refractivity contribution is 5.96. The highest BCUT2D eigenvalue weighted by Crippen LogP contribution is 2.41. The highest BCUT2D eigenvalue weighted by atomic mass is 16.2. The van der Waals surface area contributed by atoms with E-state index < -0.39 is 0 Å². The zero-order chi connectivity index (χ0) is 25.6. The molecule has 4 heterocycles. The van der Waals surface area contributed by atoms with Gasteiger partial charge in [0, 0.05) is 50.6 Å². The topological polar surface area (TPSA) is 69.6 Å². The lowest BCUT2D eigenvalue weighted by Crippen LogP contribution is -2.62. The normalized spacial score (nSPS) is 25.4. The Kier molecular flexibility index (Phi) is 6.51. The minimum atomic E-state index is 0.0671. The van der Waals surface area contributed by atoms with Gasteiger partial charge in [-0.25, -0.2) is 9.97 Å². The molecule has 1 aliphatic carbocycles. The van der Waals surface area contributed by atoms with Gasteiger partial charge < -0.3 is 14.7 Å². The number of likely N-dealkylation sites (tertiary alicyclic amines) is 3. The molecule has 4 aliphatic rings. The van der Waals surface area contributed by atoms with Gasteiger partial charge in [0.15, 0.2) is 0 Å². The molecule has 7 heteroatoms. The van der Waals surface area contributed by atoms with Crippen LogP contribution in [-0.2, 0) is 10.2 Å². The van der Waals surface area contributed by atoms with E-state index in [-0.39, 0.29) is 17.2 Å². The summed E-state index contributed by atoms with van der Waals surface area (Å²) in [4.78, 5) is 41.5. The van der Waals surface area contributed by atoms with Gasteiger partial charge in [-0.3, -0.25) is 9.59 Å². The van der Waals surface area contributed by atoms with Crippen LogP contribution in [0.3, 0.4) is 0 Å². The van der Waals surface area contributed by atoms with Crippen LogP contribution < -0.4 is 0 Å². The number of hydrogen-bond donors (Lipinski definition) is 0. The Balaban J connectivity index is 1.06. The molecule has 0 bridgehead atoms. The number of fused-ring (bicyclic) bond motifs is 1. The number of rotatable bonds is 6. The van der Waals surface area contributed by atoms with Crippen molar-refractivity contribution in [1.82, 2.24) is 24.7 Å². The van der Waals surface area contributed by atoms with Crippen molar-refractivity contribution in [2.75, 3.05) is 45.8 Å². The van der Waals surface area contributed by atoms with Crippen LogP contribution in [0.25, 0.3) is 0 Å². The largest absolute Gasteiger partial charge is 0.341 e. The number of amides is 2. The van der Waals surface area contributed by atoms with Crippen molar-refractivity contribution in [3.8, 4) is 0 Å². The number of aryl methyl sites for hydroxylation is 2. The maximum atomic E-state index is 13.2. The molecule has 6 rings (SSSR count). The lowest BCUT2D eigenvalue weighted by Gasteiger charge is -2.52. The third-order valence-electron chi connectivity index (χ3n) is 9.59. The number of aromatic nitrogens is 2. The van der Waals surface area contributed by atoms with Crippen LogP contribution in [-0.4, -0.2) is 82.3 Å². The number of benzene rings is 1. The molecule has 4 fully saturated rings. The molecular formula is C30H39N5O2. The zero-order valence-electron chi connectivity index (χ0n) is 22.2. The molecule has 1 aromatic carbocycles. The summed E-state index contributed by atoms with van der Waals surface area (Å²) in [5, 5.41) is 0. The van der Waals surface area contributed by atoms with Crippen LogP contribution in [0.5, 0.6) is 0 Å². The summed E-state index contributed by atoms with van der Waals surface area (Å²) in [5.74, 6) is 1.79. The molecule has 0 radical (unpaired) electrons. The molecular weight excluding hydrogens is 462 g/mol. The summed E-state index contributed by atoms with van der Waals surface area (Å²) in [6, 6.07) is 10.8. The van der Waals surface area contributed by atoms with Gasteiger partial charge in [0.2, 0.25) is 5.91 Å². The fourth-order valence-corrected chi connectivity index (χ4v) is 7.42. The fraction of sp³-hybridized carbons (Fsp3) is 0.600. The Morgan fingerprint density at radius 2 is 1.51 bits per heavy atom. The molecule has 1 aromatic heterocycles. The van der Waals surface area contributed by atoms with Crippen molar-refractivity contribution >= 4 is 11.8 Å². The summed E-state index contributed by atoms with van der Waals surface area (Å²) in [5.41, 5.74) is 3.65. The summed E-state index contributed by atoms with van der Waals surface area (Å²) in [6.45, 7) is 10.3. The van der Waals surface area contributed by atoms with Crippen molar-refractivity contribution in [3.63, 3.8) is 0 Å². The molecule has 2 unspecified atom stereocenters. The lowest BCUT2D eigenvalue weighted by atomic mass is 9.70. The zero-order valence-corrected chi connectivity index (χ0v) is 22.2. The number of carbonyl (C=O) groups is 2. The van der Waals surface area contributed by atoms with Crippen LogP contribution in [0.15, 0.2) is 36.7 Å². The average molecular weight is 502 g/mol. The number of hydrogen-bond acceptors (Lipinski definition) is 5. The Morgan fingerprint density at radius 1 is 0.892 bits per heavy atom. The van der Waals surface area contributed by atoms with Gasteiger partial charge in [0.05, 0.1) is 17.0 Å². The number of carbonyl (C=O) groups excluding carboxylic acids is 2. The Hall–Kier alpha value is -2.80. The van der Waals surface area contributed by atoms with E-state index in [4.69, 9.17) is 0 Å². The van der Waals surface area contributed by atoms with Gasteiger partial charge in [0.1, 0.15) is 6.33 Å². The monoisotopic (exact) mass is 501 g/mol. The second-order valence-corrected chi connectivity index (χ2v) is 12.0. The standard InChI is InChI=1S/C30H39N5O2/c1-21-27(22(2)32-20-31-21)29(37)34-16-24-14-33(15-25(24)17-34)13-12-30(26-10-4-3-5-11-26)18-35(19-30)28(36)23-8-6-7-9-23/h3-5,10-11,20,23-25H,6-9,12-19H2,1-2H3. The molecule has 3 aliphatic heterocycles. The van der Waals surface area contributed by atoms with Crippen LogP contribution in [0, 0.1) is 31.6 Å². The first-order chi connectivity index (χ1) is 17.9. The molecule has 2 atom stereocenters. The van der Waals surface area contributed by atoms with Gasteiger partial charge in [-0.2, -0.15) is 0 Å². The molecule has 3 saturated heterocycles. The van der Waals surface area contributed by atoms with E-state index in [9.17, 15) is 9.59 Å². The Morgan fingerprint density at radius 3 is 2.14 bits per heavy atom. The SMILES string of the molecule is Cc1ncnc(C)c1C(=O)N1CC2CN(CCC3(c4ccccc4)CN(C(=O)C4CCCC4)C3)CC2C1. The van der Waals surface area contributed by atoms with E-state index in [1.165, 1.54) is 24.7 Å². The summed E-state index contributed by atoms with van der Waals surface area (Å²) < 4.78 is 0. The van der Waals surface area contributed by atoms with Crippen LogP contribution in [0.4, 0.5) is 0 Å².